The lowest BCUT2D eigenvalue weighted by atomic mass is 10.0. The largest absolute Gasteiger partial charge is 0.243 e. The van der Waals surface area contributed by atoms with Gasteiger partial charge in [0.15, 0.2) is 0 Å². The first kappa shape index (κ1) is 26.2. The fourth-order valence-corrected chi connectivity index (χ4v) is 4.65. The van der Waals surface area contributed by atoms with Gasteiger partial charge in [0.05, 0.1) is 14.1 Å². The van der Waals surface area contributed by atoms with Gasteiger partial charge in [0.25, 0.3) is 0 Å². The molecule has 0 amide bonds. The number of hydrogen-bond donors (Lipinski definition) is 0. The third kappa shape index (κ3) is 12.5. The number of aromatic nitrogens is 2. The van der Waals surface area contributed by atoms with Crippen molar-refractivity contribution in [3.63, 3.8) is 0 Å². The van der Waals surface area contributed by atoms with E-state index >= 15 is 0 Å². The minimum absolute atomic E-state index is 1.26. The Kier molecular flexibility index (Phi) is 16.3. The van der Waals surface area contributed by atoms with Crippen LogP contribution in [0.3, 0.4) is 0 Å². The second-order valence-electron chi connectivity index (χ2n) is 9.39. The molecule has 170 valence electrons. The Balaban J connectivity index is 2.16. The zero-order valence-corrected chi connectivity index (χ0v) is 20.6. The van der Waals surface area contributed by atoms with Crippen LogP contribution in [-0.4, -0.2) is 4.57 Å². The highest BCUT2D eigenvalue weighted by Crippen LogP contribution is 2.16. The molecule has 2 nitrogen and oxygen atoms in total. The Labute approximate surface area is 183 Å². The summed E-state index contributed by atoms with van der Waals surface area (Å²) >= 11 is 0. The highest BCUT2D eigenvalue weighted by Gasteiger charge is 2.17. The molecule has 0 aliphatic carbocycles. The molecule has 0 unspecified atom stereocenters. The van der Waals surface area contributed by atoms with Crippen molar-refractivity contribution < 1.29 is 4.57 Å². The molecule has 0 aliphatic heterocycles. The van der Waals surface area contributed by atoms with Crippen LogP contribution in [0.15, 0.2) is 6.33 Å². The van der Waals surface area contributed by atoms with Crippen molar-refractivity contribution in [3.8, 4) is 0 Å². The van der Waals surface area contributed by atoms with Gasteiger partial charge in [-0.05, 0) is 12.8 Å². The van der Waals surface area contributed by atoms with Crippen LogP contribution in [0.4, 0.5) is 0 Å². The number of nitrogens with zero attached hydrogens (tertiary/aromatic N) is 2. The van der Waals surface area contributed by atoms with Gasteiger partial charge in [-0.3, -0.25) is 0 Å². The Bertz CT molecular complexity index is 446. The first-order valence-electron chi connectivity index (χ1n) is 13.2. The van der Waals surface area contributed by atoms with Gasteiger partial charge >= 0.3 is 0 Å². The summed E-state index contributed by atoms with van der Waals surface area (Å²) in [5.41, 5.74) is 3.19. The van der Waals surface area contributed by atoms with Crippen LogP contribution in [0, 0.1) is 0 Å². The van der Waals surface area contributed by atoms with E-state index in [4.69, 9.17) is 0 Å². The molecule has 29 heavy (non-hydrogen) atoms. The van der Waals surface area contributed by atoms with Crippen molar-refractivity contribution in [1.29, 1.82) is 0 Å². The summed E-state index contributed by atoms with van der Waals surface area (Å²) in [5.74, 6) is 0. The van der Waals surface area contributed by atoms with Crippen molar-refractivity contribution in [2.45, 2.75) is 142 Å². The van der Waals surface area contributed by atoms with Gasteiger partial charge in [-0.1, -0.05) is 117 Å². The minimum atomic E-state index is 1.26. The van der Waals surface area contributed by atoms with Crippen LogP contribution in [0.1, 0.15) is 141 Å². The Morgan fingerprint density at radius 1 is 0.586 bits per heavy atom. The molecule has 0 N–H and O–H groups in total. The maximum atomic E-state index is 2.38. The third-order valence-corrected chi connectivity index (χ3v) is 6.57. The van der Waals surface area contributed by atoms with Crippen LogP contribution in [-0.2, 0) is 26.9 Å². The fraction of sp³-hybridized carbons (Fsp3) is 0.889. The SMILES string of the molecule is CCCCCCCCCCCc1c(CCCCCCCCCCC)[n+](C)cn1C. The number of imidazole rings is 1. The molecule has 0 aliphatic rings. The zero-order chi connectivity index (χ0) is 21.2. The predicted octanol–water partition coefficient (Wildman–Crippen LogP) is 8.00. The molecular formula is C27H53N2+. The van der Waals surface area contributed by atoms with E-state index in [9.17, 15) is 0 Å². The van der Waals surface area contributed by atoms with Crippen LogP contribution in [0.25, 0.3) is 0 Å². The number of rotatable bonds is 20. The van der Waals surface area contributed by atoms with E-state index in [2.05, 4.69) is 43.4 Å². The monoisotopic (exact) mass is 405 g/mol. The molecule has 0 saturated carbocycles. The molecule has 1 aromatic rings. The smallest absolute Gasteiger partial charge is 0.237 e. The van der Waals surface area contributed by atoms with Crippen molar-refractivity contribution >= 4 is 0 Å². The third-order valence-electron chi connectivity index (χ3n) is 6.57. The fourth-order valence-electron chi connectivity index (χ4n) is 4.65. The maximum absolute atomic E-state index is 2.38. The van der Waals surface area contributed by atoms with Gasteiger partial charge in [-0.2, -0.15) is 0 Å². The molecule has 1 heterocycles. The van der Waals surface area contributed by atoms with E-state index in [-0.39, 0.29) is 0 Å². The van der Waals surface area contributed by atoms with E-state index in [1.807, 2.05) is 0 Å². The Morgan fingerprint density at radius 3 is 1.41 bits per heavy atom. The molecule has 2 heteroatoms. The molecule has 0 atom stereocenters. The summed E-state index contributed by atoms with van der Waals surface area (Å²) in [6, 6.07) is 0. The first-order valence-corrected chi connectivity index (χ1v) is 13.2. The van der Waals surface area contributed by atoms with E-state index in [1.54, 1.807) is 11.4 Å². The van der Waals surface area contributed by atoms with Crippen LogP contribution in [0.5, 0.6) is 0 Å². The first-order chi connectivity index (χ1) is 14.2. The summed E-state index contributed by atoms with van der Waals surface area (Å²) in [5, 5.41) is 0. The summed E-state index contributed by atoms with van der Waals surface area (Å²) in [6.45, 7) is 4.60. The lowest BCUT2D eigenvalue weighted by Gasteiger charge is -2.05. The molecule has 1 aromatic heterocycles. The van der Waals surface area contributed by atoms with Crippen LogP contribution >= 0.6 is 0 Å². The lowest BCUT2D eigenvalue weighted by Crippen LogP contribution is -2.30. The van der Waals surface area contributed by atoms with Crippen LogP contribution in [0.2, 0.25) is 0 Å². The Morgan fingerprint density at radius 2 is 0.966 bits per heavy atom. The van der Waals surface area contributed by atoms with E-state index in [0.29, 0.717) is 0 Å². The van der Waals surface area contributed by atoms with Crippen molar-refractivity contribution in [3.05, 3.63) is 17.7 Å². The number of unbranched alkanes of at least 4 members (excludes halogenated alkanes) is 16. The van der Waals surface area contributed by atoms with Gasteiger partial charge in [-0.25, -0.2) is 9.13 Å². The molecule has 0 bridgehead atoms. The predicted molar refractivity (Wildman–Crippen MR) is 128 cm³/mol. The van der Waals surface area contributed by atoms with E-state index < -0.39 is 0 Å². The maximum Gasteiger partial charge on any atom is 0.243 e. The van der Waals surface area contributed by atoms with Gasteiger partial charge in [-0.15, -0.1) is 0 Å². The molecule has 0 aromatic carbocycles. The summed E-state index contributed by atoms with van der Waals surface area (Å²) in [4.78, 5) is 0. The van der Waals surface area contributed by atoms with Gasteiger partial charge < -0.3 is 0 Å². The molecule has 0 spiro atoms. The van der Waals surface area contributed by atoms with Gasteiger partial charge in [0.2, 0.25) is 6.33 Å². The molecule has 0 saturated heterocycles. The van der Waals surface area contributed by atoms with E-state index in [0.717, 1.165) is 0 Å². The summed E-state index contributed by atoms with van der Waals surface area (Å²) in [7, 11) is 4.48. The quantitative estimate of drug-likeness (QED) is 0.153. The van der Waals surface area contributed by atoms with Crippen LogP contribution < -0.4 is 4.57 Å². The van der Waals surface area contributed by atoms with Crippen molar-refractivity contribution in [2.24, 2.45) is 14.1 Å². The summed E-state index contributed by atoms with van der Waals surface area (Å²) < 4.78 is 4.77. The number of hydrogen-bond acceptors (Lipinski definition) is 0. The molecular weight excluding hydrogens is 352 g/mol. The second-order valence-corrected chi connectivity index (χ2v) is 9.39. The lowest BCUT2D eigenvalue weighted by molar-refractivity contribution is -0.678. The Hall–Kier alpha value is -0.790. The highest BCUT2D eigenvalue weighted by atomic mass is 15.1. The van der Waals surface area contributed by atoms with Gasteiger partial charge in [0, 0.05) is 12.8 Å². The molecule has 1 rings (SSSR count). The normalized spacial score (nSPS) is 11.4. The molecule has 0 fully saturated rings. The average molecular weight is 406 g/mol. The standard InChI is InChI=1S/C27H53N2/c1-5-7-9-11-13-15-17-19-21-23-26-27(29(4)25-28(26)3)24-22-20-18-16-14-12-10-8-6-2/h25H,5-24H2,1-4H3/q+1. The highest BCUT2D eigenvalue weighted by molar-refractivity contribution is 5.08. The minimum Gasteiger partial charge on any atom is -0.237 e. The van der Waals surface area contributed by atoms with Crippen molar-refractivity contribution in [2.75, 3.05) is 0 Å². The number of aryl methyl sites for hydroxylation is 2. The molecule has 0 radical (unpaired) electrons. The average Bonchev–Trinajstić information content (AvgIpc) is 2.98. The zero-order valence-electron chi connectivity index (χ0n) is 20.6. The topological polar surface area (TPSA) is 8.81 Å². The van der Waals surface area contributed by atoms with Crippen molar-refractivity contribution in [1.82, 2.24) is 4.57 Å². The summed E-state index contributed by atoms with van der Waals surface area (Å²) in [6.07, 6.45) is 30.3. The van der Waals surface area contributed by atoms with Gasteiger partial charge in [0.1, 0.15) is 11.4 Å². The second kappa shape index (κ2) is 18.0. The van der Waals surface area contributed by atoms with E-state index in [1.165, 1.54) is 128 Å².